The molecule has 4 nitrogen and oxygen atoms in total. The minimum absolute atomic E-state index is 0.124. The second-order valence-corrected chi connectivity index (χ2v) is 6.12. The molecule has 0 aromatic carbocycles. The lowest BCUT2D eigenvalue weighted by Crippen LogP contribution is -2.56. The molecule has 0 aliphatic carbocycles. The smallest absolute Gasteiger partial charge is 0.410 e. The topological polar surface area (TPSA) is 32.8 Å². The molecule has 2 atom stereocenters. The normalized spacial score (nSPS) is 29.5. The third-order valence-corrected chi connectivity index (χ3v) is 3.61. The maximum Gasteiger partial charge on any atom is 0.410 e. The number of likely N-dealkylation sites (tertiary alicyclic amines) is 1. The van der Waals surface area contributed by atoms with Crippen molar-refractivity contribution in [2.75, 3.05) is 19.6 Å². The third kappa shape index (κ3) is 2.73. The Bertz CT molecular complexity index is 284. The van der Waals surface area contributed by atoms with Crippen LogP contribution in [0.15, 0.2) is 0 Å². The molecule has 0 aromatic heterocycles. The summed E-state index contributed by atoms with van der Waals surface area (Å²) in [4.78, 5) is 16.6. The van der Waals surface area contributed by atoms with Crippen LogP contribution in [0.4, 0.5) is 4.79 Å². The third-order valence-electron chi connectivity index (χ3n) is 3.61. The molecule has 2 aliphatic heterocycles. The molecule has 0 radical (unpaired) electrons. The maximum atomic E-state index is 12.2. The molecule has 98 valence electrons. The maximum absolute atomic E-state index is 12.2. The van der Waals surface area contributed by atoms with E-state index in [1.165, 1.54) is 0 Å². The average molecular weight is 240 g/mol. The lowest BCUT2D eigenvalue weighted by Gasteiger charge is -2.41. The largest absolute Gasteiger partial charge is 0.444 e. The first-order valence-electron chi connectivity index (χ1n) is 6.64. The predicted molar refractivity (Wildman–Crippen MR) is 67.0 cm³/mol. The van der Waals surface area contributed by atoms with Gasteiger partial charge in [-0.1, -0.05) is 6.92 Å². The number of rotatable bonds is 1. The van der Waals surface area contributed by atoms with Crippen molar-refractivity contribution in [3.63, 3.8) is 0 Å². The molecule has 17 heavy (non-hydrogen) atoms. The van der Waals surface area contributed by atoms with Gasteiger partial charge in [-0.05, 0) is 40.2 Å². The molecule has 0 spiro atoms. The molecule has 0 saturated carbocycles. The summed E-state index contributed by atoms with van der Waals surface area (Å²) in [6.07, 6.45) is 2.13. The standard InChI is InChI=1S/C13H24N2O2/c1-5-14-8-10-6-7-11(9-14)15(10)12(16)17-13(2,3)4/h10-11H,5-9H2,1-4H3. The molecule has 2 saturated heterocycles. The number of hydrogen-bond acceptors (Lipinski definition) is 3. The monoisotopic (exact) mass is 240 g/mol. The molecule has 2 rings (SSSR count). The van der Waals surface area contributed by atoms with Crippen molar-refractivity contribution in [2.45, 2.75) is 58.2 Å². The first-order valence-corrected chi connectivity index (χ1v) is 6.64. The lowest BCUT2D eigenvalue weighted by molar-refractivity contribution is -0.00368. The highest BCUT2D eigenvalue weighted by Gasteiger charge is 2.43. The van der Waals surface area contributed by atoms with Gasteiger partial charge < -0.3 is 4.74 Å². The molecule has 2 unspecified atom stereocenters. The fraction of sp³-hybridized carbons (Fsp3) is 0.923. The molecule has 2 fully saturated rings. The first kappa shape index (κ1) is 12.7. The van der Waals surface area contributed by atoms with Crippen LogP contribution in [0.2, 0.25) is 0 Å². The number of piperazine rings is 1. The van der Waals surface area contributed by atoms with Gasteiger partial charge in [0.1, 0.15) is 5.60 Å². The van der Waals surface area contributed by atoms with Gasteiger partial charge in [0.2, 0.25) is 0 Å². The minimum Gasteiger partial charge on any atom is -0.444 e. The summed E-state index contributed by atoms with van der Waals surface area (Å²) in [5.74, 6) is 0. The van der Waals surface area contributed by atoms with E-state index in [4.69, 9.17) is 4.74 Å². The van der Waals surface area contributed by atoms with Crippen molar-refractivity contribution in [2.24, 2.45) is 0 Å². The van der Waals surface area contributed by atoms with Gasteiger partial charge in [-0.25, -0.2) is 4.79 Å². The Morgan fingerprint density at radius 1 is 1.24 bits per heavy atom. The van der Waals surface area contributed by atoms with Gasteiger partial charge in [-0.15, -0.1) is 0 Å². The number of likely N-dealkylation sites (N-methyl/N-ethyl adjacent to an activating group) is 1. The molecule has 1 amide bonds. The van der Waals surface area contributed by atoms with E-state index in [1.54, 1.807) is 0 Å². The molecular formula is C13H24N2O2. The molecular weight excluding hydrogens is 216 g/mol. The van der Waals surface area contributed by atoms with E-state index in [0.29, 0.717) is 12.1 Å². The van der Waals surface area contributed by atoms with Crippen LogP contribution in [0.1, 0.15) is 40.5 Å². The van der Waals surface area contributed by atoms with Crippen molar-refractivity contribution in [1.29, 1.82) is 0 Å². The first-order chi connectivity index (χ1) is 7.90. The molecule has 0 aromatic rings. The second-order valence-electron chi connectivity index (χ2n) is 6.12. The fourth-order valence-electron chi connectivity index (χ4n) is 2.86. The van der Waals surface area contributed by atoms with Gasteiger partial charge >= 0.3 is 6.09 Å². The number of ether oxygens (including phenoxy) is 1. The van der Waals surface area contributed by atoms with Crippen LogP contribution in [0.3, 0.4) is 0 Å². The van der Waals surface area contributed by atoms with Crippen molar-refractivity contribution < 1.29 is 9.53 Å². The van der Waals surface area contributed by atoms with Crippen LogP contribution < -0.4 is 0 Å². The summed E-state index contributed by atoms with van der Waals surface area (Å²) in [5.41, 5.74) is -0.390. The van der Waals surface area contributed by atoms with Crippen LogP contribution in [0.25, 0.3) is 0 Å². The minimum atomic E-state index is -0.390. The van der Waals surface area contributed by atoms with Crippen molar-refractivity contribution >= 4 is 6.09 Å². The van der Waals surface area contributed by atoms with E-state index in [9.17, 15) is 4.79 Å². The van der Waals surface area contributed by atoms with Crippen LogP contribution in [0, 0.1) is 0 Å². The summed E-state index contributed by atoms with van der Waals surface area (Å²) in [7, 11) is 0. The van der Waals surface area contributed by atoms with Gasteiger partial charge in [0, 0.05) is 25.2 Å². The van der Waals surface area contributed by atoms with Gasteiger partial charge in [-0.2, -0.15) is 0 Å². The summed E-state index contributed by atoms with van der Waals surface area (Å²) >= 11 is 0. The Labute approximate surface area is 104 Å². The zero-order chi connectivity index (χ0) is 12.6. The van der Waals surface area contributed by atoms with Crippen molar-refractivity contribution in [1.82, 2.24) is 9.80 Å². The molecule has 2 bridgehead atoms. The molecule has 4 heteroatoms. The highest BCUT2D eigenvalue weighted by Crippen LogP contribution is 2.31. The van der Waals surface area contributed by atoms with Crippen molar-refractivity contribution in [3.8, 4) is 0 Å². The van der Waals surface area contributed by atoms with Crippen LogP contribution in [-0.2, 0) is 4.74 Å². The second kappa shape index (κ2) is 4.48. The Kier molecular flexibility index (Phi) is 3.34. The zero-order valence-corrected chi connectivity index (χ0v) is 11.4. The molecule has 0 N–H and O–H groups in total. The number of amides is 1. The Morgan fingerprint density at radius 2 is 1.76 bits per heavy atom. The van der Waals surface area contributed by atoms with E-state index in [0.717, 1.165) is 32.5 Å². The molecule has 2 heterocycles. The van der Waals surface area contributed by atoms with E-state index < -0.39 is 5.60 Å². The summed E-state index contributed by atoms with van der Waals surface area (Å²) < 4.78 is 5.50. The average Bonchev–Trinajstić information content (AvgIpc) is 2.47. The SMILES string of the molecule is CCN1CC2CCC(C1)N2C(=O)OC(C)(C)C. The van der Waals surface area contributed by atoms with E-state index in [1.807, 2.05) is 25.7 Å². The number of hydrogen-bond donors (Lipinski definition) is 0. The van der Waals surface area contributed by atoms with Crippen LogP contribution >= 0.6 is 0 Å². The Morgan fingerprint density at radius 3 is 2.18 bits per heavy atom. The van der Waals surface area contributed by atoms with Crippen molar-refractivity contribution in [3.05, 3.63) is 0 Å². The highest BCUT2D eigenvalue weighted by molar-refractivity contribution is 5.69. The summed E-state index contributed by atoms with van der Waals surface area (Å²) in [6, 6.07) is 0.729. The highest BCUT2D eigenvalue weighted by atomic mass is 16.6. The number of carbonyl (C=O) groups is 1. The van der Waals surface area contributed by atoms with Gasteiger partial charge in [0.15, 0.2) is 0 Å². The fourth-order valence-corrected chi connectivity index (χ4v) is 2.86. The van der Waals surface area contributed by atoms with E-state index in [2.05, 4.69) is 11.8 Å². The Hall–Kier alpha value is -0.770. The Balaban J connectivity index is 2.01. The van der Waals surface area contributed by atoms with Crippen LogP contribution in [0.5, 0.6) is 0 Å². The quantitative estimate of drug-likeness (QED) is 0.703. The van der Waals surface area contributed by atoms with E-state index in [-0.39, 0.29) is 6.09 Å². The summed E-state index contributed by atoms with van der Waals surface area (Å²) in [6.45, 7) is 11.1. The zero-order valence-electron chi connectivity index (χ0n) is 11.4. The van der Waals surface area contributed by atoms with Gasteiger partial charge in [-0.3, -0.25) is 9.80 Å². The lowest BCUT2D eigenvalue weighted by atomic mass is 10.2. The van der Waals surface area contributed by atoms with E-state index >= 15 is 0 Å². The molecule has 2 aliphatic rings. The number of fused-ring (bicyclic) bond motifs is 2. The van der Waals surface area contributed by atoms with Gasteiger partial charge in [0.05, 0.1) is 0 Å². The van der Waals surface area contributed by atoms with Crippen LogP contribution in [-0.4, -0.2) is 53.2 Å². The predicted octanol–water partition coefficient (Wildman–Crippen LogP) is 2.09. The summed E-state index contributed by atoms with van der Waals surface area (Å²) in [5, 5.41) is 0. The number of nitrogens with zero attached hydrogens (tertiary/aromatic N) is 2. The number of carbonyl (C=O) groups excluding carboxylic acids is 1. The van der Waals surface area contributed by atoms with Gasteiger partial charge in [0.25, 0.3) is 0 Å².